The van der Waals surface area contributed by atoms with Crippen LogP contribution in [-0.2, 0) is 17.9 Å². The highest BCUT2D eigenvalue weighted by molar-refractivity contribution is 5.72. The zero-order valence-electron chi connectivity index (χ0n) is 14.6. The fourth-order valence-electron chi connectivity index (χ4n) is 3.99. The Bertz CT molecular complexity index is 752. The van der Waals surface area contributed by atoms with E-state index in [1.807, 2.05) is 30.3 Å². The highest BCUT2D eigenvalue weighted by Crippen LogP contribution is 2.40. The fourth-order valence-corrected chi connectivity index (χ4v) is 3.99. The number of carbonyl (C=O) groups is 1. The van der Waals surface area contributed by atoms with Crippen molar-refractivity contribution in [1.29, 1.82) is 0 Å². The number of benzene rings is 1. The minimum atomic E-state index is -0.695. The van der Waals surface area contributed by atoms with Gasteiger partial charge in [-0.1, -0.05) is 30.3 Å². The van der Waals surface area contributed by atoms with Crippen LogP contribution in [0.3, 0.4) is 0 Å². The third-order valence-electron chi connectivity index (χ3n) is 5.50. The van der Waals surface area contributed by atoms with Gasteiger partial charge in [-0.25, -0.2) is 0 Å². The van der Waals surface area contributed by atoms with Crippen LogP contribution >= 0.6 is 0 Å². The Morgan fingerprint density at radius 3 is 2.64 bits per heavy atom. The van der Waals surface area contributed by atoms with Crippen LogP contribution in [0.15, 0.2) is 36.4 Å². The molecule has 0 amide bonds. The molecule has 2 aliphatic rings. The van der Waals surface area contributed by atoms with Crippen LogP contribution in [0.4, 0.5) is 0 Å². The van der Waals surface area contributed by atoms with Crippen molar-refractivity contribution < 1.29 is 9.90 Å². The van der Waals surface area contributed by atoms with Gasteiger partial charge in [0.2, 0.25) is 0 Å². The summed E-state index contributed by atoms with van der Waals surface area (Å²) in [6.07, 6.45) is 2.50. The van der Waals surface area contributed by atoms with Crippen molar-refractivity contribution in [3.8, 4) is 0 Å². The first kappa shape index (κ1) is 16.3. The standard InChI is InChI=1S/C20H25N3O2/c1-2-23-16(10-19(21-23)15-8-9-15)11-22-12-17(18(13-22)20(24)25)14-6-4-3-5-7-14/h3-7,10,15,17-18H,2,8-9,11-13H2,1H3,(H,24,25)/t17-,18+/m1/s1. The lowest BCUT2D eigenvalue weighted by Gasteiger charge is -2.16. The Labute approximate surface area is 148 Å². The van der Waals surface area contributed by atoms with Gasteiger partial charge in [-0.15, -0.1) is 0 Å². The summed E-state index contributed by atoms with van der Waals surface area (Å²) in [6, 6.07) is 12.3. The Kier molecular flexibility index (Phi) is 4.34. The number of carboxylic acid groups (broad SMARTS) is 1. The van der Waals surface area contributed by atoms with Crippen LogP contribution < -0.4 is 0 Å². The molecule has 4 rings (SSSR count). The molecular weight excluding hydrogens is 314 g/mol. The smallest absolute Gasteiger partial charge is 0.308 e. The molecule has 0 spiro atoms. The van der Waals surface area contributed by atoms with Gasteiger partial charge in [-0.3, -0.25) is 14.4 Å². The highest BCUT2D eigenvalue weighted by atomic mass is 16.4. The Morgan fingerprint density at radius 1 is 1.24 bits per heavy atom. The molecular formula is C20H25N3O2. The van der Waals surface area contributed by atoms with Crippen molar-refractivity contribution in [2.75, 3.05) is 13.1 Å². The molecule has 1 aromatic carbocycles. The van der Waals surface area contributed by atoms with Crippen LogP contribution in [-0.4, -0.2) is 38.8 Å². The maximum atomic E-state index is 11.8. The monoisotopic (exact) mass is 339 g/mol. The van der Waals surface area contributed by atoms with E-state index in [0.29, 0.717) is 12.5 Å². The summed E-state index contributed by atoms with van der Waals surface area (Å²) in [5.74, 6) is -0.337. The second-order valence-corrected chi connectivity index (χ2v) is 7.31. The number of hydrogen-bond donors (Lipinski definition) is 1. The molecule has 5 heteroatoms. The van der Waals surface area contributed by atoms with Crippen LogP contribution in [0.2, 0.25) is 0 Å². The van der Waals surface area contributed by atoms with E-state index in [0.717, 1.165) is 25.2 Å². The molecule has 2 heterocycles. The zero-order chi connectivity index (χ0) is 17.4. The SMILES string of the molecule is CCn1nc(C2CC2)cc1CN1C[C@H](C(=O)O)[C@@H](c2ccccc2)C1. The molecule has 1 aromatic heterocycles. The second-order valence-electron chi connectivity index (χ2n) is 7.31. The predicted octanol–water partition coefficient (Wildman–Crippen LogP) is 3.08. The lowest BCUT2D eigenvalue weighted by Crippen LogP contribution is -2.24. The van der Waals surface area contributed by atoms with Crippen LogP contribution in [0.1, 0.15) is 48.6 Å². The van der Waals surface area contributed by atoms with E-state index in [2.05, 4.69) is 22.6 Å². The molecule has 1 aliphatic carbocycles. The average Bonchev–Trinajstić information content (AvgIpc) is 3.26. The summed E-state index contributed by atoms with van der Waals surface area (Å²) in [5.41, 5.74) is 3.55. The summed E-state index contributed by atoms with van der Waals surface area (Å²) in [6.45, 7) is 5.14. The molecule has 5 nitrogen and oxygen atoms in total. The van der Waals surface area contributed by atoms with E-state index in [4.69, 9.17) is 5.10 Å². The van der Waals surface area contributed by atoms with Gasteiger partial charge in [-0.2, -0.15) is 5.10 Å². The molecule has 2 atom stereocenters. The molecule has 0 bridgehead atoms. The molecule has 1 aliphatic heterocycles. The van der Waals surface area contributed by atoms with Gasteiger partial charge in [0, 0.05) is 38.0 Å². The Hall–Kier alpha value is -2.14. The maximum Gasteiger partial charge on any atom is 0.308 e. The number of aryl methyl sites for hydroxylation is 1. The second kappa shape index (κ2) is 6.64. The Morgan fingerprint density at radius 2 is 2.00 bits per heavy atom. The minimum absolute atomic E-state index is 0.0552. The number of rotatable bonds is 6. The zero-order valence-corrected chi connectivity index (χ0v) is 14.6. The molecule has 0 radical (unpaired) electrons. The lowest BCUT2D eigenvalue weighted by molar-refractivity contribution is -0.141. The van der Waals surface area contributed by atoms with Crippen molar-refractivity contribution in [2.24, 2.45) is 5.92 Å². The molecule has 1 saturated heterocycles. The predicted molar refractivity (Wildman–Crippen MR) is 95.5 cm³/mol. The number of nitrogens with zero attached hydrogens (tertiary/aromatic N) is 3. The summed E-state index contributed by atoms with van der Waals surface area (Å²) in [4.78, 5) is 14.0. The van der Waals surface area contributed by atoms with Crippen molar-refractivity contribution in [3.63, 3.8) is 0 Å². The summed E-state index contributed by atoms with van der Waals surface area (Å²) < 4.78 is 2.08. The van der Waals surface area contributed by atoms with E-state index in [1.165, 1.54) is 24.2 Å². The van der Waals surface area contributed by atoms with Gasteiger partial charge in [0.05, 0.1) is 17.3 Å². The first-order chi connectivity index (χ1) is 12.2. The van der Waals surface area contributed by atoms with Crippen molar-refractivity contribution in [2.45, 2.75) is 44.7 Å². The van der Waals surface area contributed by atoms with Gasteiger partial charge in [0.25, 0.3) is 0 Å². The number of carboxylic acids is 1. The quantitative estimate of drug-likeness (QED) is 0.879. The first-order valence-electron chi connectivity index (χ1n) is 9.22. The fraction of sp³-hybridized carbons (Fsp3) is 0.500. The van der Waals surface area contributed by atoms with Crippen LogP contribution in [0, 0.1) is 5.92 Å². The first-order valence-corrected chi connectivity index (χ1v) is 9.22. The number of hydrogen-bond acceptors (Lipinski definition) is 3. The topological polar surface area (TPSA) is 58.4 Å². The van der Waals surface area contributed by atoms with E-state index in [1.54, 1.807) is 0 Å². The molecule has 0 unspecified atom stereocenters. The van der Waals surface area contributed by atoms with Gasteiger partial charge < -0.3 is 5.11 Å². The highest BCUT2D eigenvalue weighted by Gasteiger charge is 2.38. The number of aromatic nitrogens is 2. The van der Waals surface area contributed by atoms with E-state index >= 15 is 0 Å². The Balaban J connectivity index is 1.53. The third-order valence-corrected chi connectivity index (χ3v) is 5.50. The molecule has 2 fully saturated rings. The van der Waals surface area contributed by atoms with Gasteiger partial charge in [0.15, 0.2) is 0 Å². The van der Waals surface area contributed by atoms with Gasteiger partial charge in [-0.05, 0) is 31.4 Å². The summed E-state index contributed by atoms with van der Waals surface area (Å²) in [5, 5.41) is 14.4. The average molecular weight is 339 g/mol. The molecule has 2 aromatic rings. The molecule has 25 heavy (non-hydrogen) atoms. The molecule has 132 valence electrons. The lowest BCUT2D eigenvalue weighted by atomic mass is 9.89. The largest absolute Gasteiger partial charge is 0.481 e. The number of aliphatic carboxylic acids is 1. The number of likely N-dealkylation sites (tertiary alicyclic amines) is 1. The molecule has 1 saturated carbocycles. The van der Waals surface area contributed by atoms with Crippen molar-refractivity contribution >= 4 is 5.97 Å². The van der Waals surface area contributed by atoms with Gasteiger partial charge >= 0.3 is 5.97 Å². The van der Waals surface area contributed by atoms with E-state index < -0.39 is 5.97 Å². The van der Waals surface area contributed by atoms with Crippen LogP contribution in [0.5, 0.6) is 0 Å². The third kappa shape index (κ3) is 3.33. The van der Waals surface area contributed by atoms with Crippen LogP contribution in [0.25, 0.3) is 0 Å². The molecule has 1 N–H and O–H groups in total. The van der Waals surface area contributed by atoms with Gasteiger partial charge in [0.1, 0.15) is 0 Å². The van der Waals surface area contributed by atoms with Crippen molar-refractivity contribution in [3.05, 3.63) is 53.3 Å². The minimum Gasteiger partial charge on any atom is -0.481 e. The van der Waals surface area contributed by atoms with Crippen molar-refractivity contribution in [1.82, 2.24) is 14.7 Å². The normalized spacial score (nSPS) is 23.9. The van der Waals surface area contributed by atoms with E-state index in [9.17, 15) is 9.90 Å². The summed E-state index contributed by atoms with van der Waals surface area (Å²) >= 11 is 0. The van der Waals surface area contributed by atoms with E-state index in [-0.39, 0.29) is 11.8 Å². The maximum absolute atomic E-state index is 11.8. The summed E-state index contributed by atoms with van der Waals surface area (Å²) in [7, 11) is 0.